The molecule has 1 saturated heterocycles. The van der Waals surface area contributed by atoms with Gasteiger partial charge in [0.1, 0.15) is 11.9 Å². The second kappa shape index (κ2) is 7.39. The first kappa shape index (κ1) is 17.0. The monoisotopic (exact) mass is 345 g/mol. The number of nitrogens with zero attached hydrogens (tertiary/aromatic N) is 4. The Bertz CT molecular complexity index is 775. The van der Waals surface area contributed by atoms with E-state index in [0.29, 0.717) is 37.0 Å². The number of hydrogen-bond acceptors (Lipinski definition) is 7. The number of aromatic nitrogens is 3. The highest BCUT2D eigenvalue weighted by Gasteiger charge is 2.25. The Balaban J connectivity index is 1.64. The van der Waals surface area contributed by atoms with Crippen LogP contribution < -0.4 is 5.32 Å². The van der Waals surface area contributed by atoms with E-state index >= 15 is 0 Å². The van der Waals surface area contributed by atoms with Gasteiger partial charge in [-0.25, -0.2) is 15.0 Å². The third-order valence-corrected chi connectivity index (χ3v) is 3.92. The maximum atomic E-state index is 12.1. The van der Waals surface area contributed by atoms with Crippen molar-refractivity contribution in [1.29, 1.82) is 0 Å². The van der Waals surface area contributed by atoms with Crippen molar-refractivity contribution in [2.75, 3.05) is 19.7 Å². The van der Waals surface area contributed by atoms with E-state index in [0.717, 1.165) is 0 Å². The maximum Gasteiger partial charge on any atom is 0.273 e. The molecule has 9 nitrogen and oxygen atoms in total. The average Bonchev–Trinajstić information content (AvgIpc) is 3.06. The van der Waals surface area contributed by atoms with E-state index in [4.69, 9.17) is 9.15 Å². The van der Waals surface area contributed by atoms with Gasteiger partial charge in [0, 0.05) is 19.7 Å². The maximum absolute atomic E-state index is 12.1. The summed E-state index contributed by atoms with van der Waals surface area (Å²) in [5.41, 5.74) is 0.894. The minimum atomic E-state index is -0.369. The highest BCUT2D eigenvalue weighted by molar-refractivity contribution is 5.92. The zero-order valence-electron chi connectivity index (χ0n) is 14.1. The molecule has 25 heavy (non-hydrogen) atoms. The Morgan fingerprint density at radius 2 is 2.24 bits per heavy atom. The number of nitrogens with one attached hydrogen (secondary N) is 1. The van der Waals surface area contributed by atoms with Crippen molar-refractivity contribution in [2.45, 2.75) is 26.5 Å². The Hall–Kier alpha value is -2.81. The summed E-state index contributed by atoms with van der Waals surface area (Å²) in [5, 5.41) is 2.74. The molecule has 0 aliphatic carbocycles. The fourth-order valence-electron chi connectivity index (χ4n) is 2.54. The molecule has 3 rings (SSSR count). The van der Waals surface area contributed by atoms with Crippen LogP contribution in [0.5, 0.6) is 0 Å². The van der Waals surface area contributed by atoms with Crippen LogP contribution in [0.15, 0.2) is 23.1 Å². The van der Waals surface area contributed by atoms with Crippen molar-refractivity contribution in [2.24, 2.45) is 0 Å². The summed E-state index contributed by atoms with van der Waals surface area (Å²) in [6, 6.07) is 1.71. The number of hydrogen-bond donors (Lipinski definition) is 1. The van der Waals surface area contributed by atoms with Crippen molar-refractivity contribution in [3.63, 3.8) is 0 Å². The average molecular weight is 345 g/mol. The summed E-state index contributed by atoms with van der Waals surface area (Å²) in [6.07, 6.45) is 2.47. The molecule has 132 valence electrons. The van der Waals surface area contributed by atoms with Gasteiger partial charge in [-0.3, -0.25) is 9.59 Å². The van der Waals surface area contributed by atoms with Crippen LogP contribution >= 0.6 is 0 Å². The zero-order chi connectivity index (χ0) is 17.8. The molecular formula is C16H19N5O4. The Morgan fingerprint density at radius 1 is 1.40 bits per heavy atom. The normalized spacial score (nSPS) is 17.4. The highest BCUT2D eigenvalue weighted by Crippen LogP contribution is 2.19. The van der Waals surface area contributed by atoms with Crippen LogP contribution in [0.2, 0.25) is 0 Å². The van der Waals surface area contributed by atoms with E-state index in [2.05, 4.69) is 20.3 Å². The number of amides is 2. The quantitative estimate of drug-likeness (QED) is 0.865. The number of carbonyl (C=O) groups is 2. The lowest BCUT2D eigenvalue weighted by atomic mass is 10.2. The van der Waals surface area contributed by atoms with Crippen LogP contribution in [0, 0.1) is 6.92 Å². The van der Waals surface area contributed by atoms with Crippen LogP contribution in [-0.4, -0.2) is 51.4 Å². The van der Waals surface area contributed by atoms with Gasteiger partial charge in [0.2, 0.25) is 5.91 Å². The first-order valence-electron chi connectivity index (χ1n) is 7.92. The predicted molar refractivity (Wildman–Crippen MR) is 85.4 cm³/mol. The van der Waals surface area contributed by atoms with E-state index in [1.807, 2.05) is 0 Å². The Kier molecular flexibility index (Phi) is 5.03. The van der Waals surface area contributed by atoms with Gasteiger partial charge in [-0.2, -0.15) is 0 Å². The van der Waals surface area contributed by atoms with Gasteiger partial charge in [0.15, 0.2) is 17.9 Å². The van der Waals surface area contributed by atoms with Gasteiger partial charge in [0.25, 0.3) is 5.91 Å². The molecular weight excluding hydrogens is 326 g/mol. The molecule has 3 heterocycles. The molecule has 1 unspecified atom stereocenters. The molecule has 0 bridgehead atoms. The first-order chi connectivity index (χ1) is 12.0. The van der Waals surface area contributed by atoms with E-state index in [-0.39, 0.29) is 30.2 Å². The summed E-state index contributed by atoms with van der Waals surface area (Å²) >= 11 is 0. The molecule has 1 aliphatic rings. The van der Waals surface area contributed by atoms with E-state index in [9.17, 15) is 9.59 Å². The second-order valence-electron chi connectivity index (χ2n) is 5.67. The molecule has 1 fully saturated rings. The summed E-state index contributed by atoms with van der Waals surface area (Å²) in [6.45, 7) is 4.86. The Labute approximate surface area is 144 Å². The summed E-state index contributed by atoms with van der Waals surface area (Å²) in [7, 11) is 0. The van der Waals surface area contributed by atoms with Crippen molar-refractivity contribution in [1.82, 2.24) is 25.2 Å². The molecule has 0 saturated carbocycles. The van der Waals surface area contributed by atoms with Gasteiger partial charge in [0.05, 0.1) is 25.4 Å². The Morgan fingerprint density at radius 3 is 2.96 bits per heavy atom. The third-order valence-electron chi connectivity index (χ3n) is 3.92. The van der Waals surface area contributed by atoms with Crippen molar-refractivity contribution in [3.05, 3.63) is 41.6 Å². The fraction of sp³-hybridized carbons (Fsp3) is 0.438. The van der Waals surface area contributed by atoms with Gasteiger partial charge in [-0.15, -0.1) is 0 Å². The van der Waals surface area contributed by atoms with E-state index in [1.165, 1.54) is 13.3 Å². The number of morpholine rings is 1. The van der Waals surface area contributed by atoms with Crippen molar-refractivity contribution < 1.29 is 18.7 Å². The van der Waals surface area contributed by atoms with E-state index in [1.54, 1.807) is 24.1 Å². The first-order valence-corrected chi connectivity index (χ1v) is 7.92. The summed E-state index contributed by atoms with van der Waals surface area (Å²) in [5.74, 6) is 0.624. The minimum Gasteiger partial charge on any atom is -0.448 e. The number of rotatable bonds is 4. The van der Waals surface area contributed by atoms with Crippen molar-refractivity contribution in [3.8, 4) is 0 Å². The molecule has 1 N–H and O–H groups in total. The van der Waals surface area contributed by atoms with Crippen LogP contribution in [0.3, 0.4) is 0 Å². The van der Waals surface area contributed by atoms with Gasteiger partial charge in [-0.1, -0.05) is 0 Å². The lowest BCUT2D eigenvalue weighted by Gasteiger charge is -2.31. The second-order valence-corrected chi connectivity index (χ2v) is 5.67. The molecule has 2 aromatic rings. The lowest BCUT2D eigenvalue weighted by molar-refractivity contribution is -0.136. The standard InChI is InChI=1S/C16H19N5O4/c1-10-14(19-9-25-10)16(23)18-7-12-3-4-17-15(20-12)13-8-21(11(2)22)5-6-24-13/h3-4,9,13H,5-8H2,1-2H3,(H,18,23). The van der Waals surface area contributed by atoms with Gasteiger partial charge in [-0.05, 0) is 13.0 Å². The largest absolute Gasteiger partial charge is 0.448 e. The smallest absolute Gasteiger partial charge is 0.273 e. The molecule has 1 atom stereocenters. The fourth-order valence-corrected chi connectivity index (χ4v) is 2.54. The summed E-state index contributed by atoms with van der Waals surface area (Å²) < 4.78 is 10.7. The third kappa shape index (κ3) is 4.00. The van der Waals surface area contributed by atoms with Crippen LogP contribution in [0.25, 0.3) is 0 Å². The highest BCUT2D eigenvalue weighted by atomic mass is 16.5. The van der Waals surface area contributed by atoms with Gasteiger partial charge < -0.3 is 19.4 Å². The molecule has 0 radical (unpaired) electrons. The molecule has 1 aliphatic heterocycles. The molecule has 2 amide bonds. The number of ether oxygens (including phenoxy) is 1. The van der Waals surface area contributed by atoms with Gasteiger partial charge >= 0.3 is 0 Å². The summed E-state index contributed by atoms with van der Waals surface area (Å²) in [4.78, 5) is 37.8. The molecule has 0 aromatic carbocycles. The molecule has 9 heteroatoms. The molecule has 2 aromatic heterocycles. The molecule has 0 spiro atoms. The zero-order valence-corrected chi connectivity index (χ0v) is 14.1. The lowest BCUT2D eigenvalue weighted by Crippen LogP contribution is -2.41. The number of carbonyl (C=O) groups excluding carboxylic acids is 2. The van der Waals surface area contributed by atoms with Crippen LogP contribution in [-0.2, 0) is 16.1 Å². The van der Waals surface area contributed by atoms with E-state index < -0.39 is 0 Å². The SMILES string of the molecule is CC(=O)N1CCOC(c2nccc(CNC(=O)c3ncoc3C)n2)C1. The van der Waals surface area contributed by atoms with Crippen molar-refractivity contribution >= 4 is 11.8 Å². The topological polar surface area (TPSA) is 110 Å². The minimum absolute atomic E-state index is 0.000278. The predicted octanol–water partition coefficient (Wildman–Crippen LogP) is 0.623. The van der Waals surface area contributed by atoms with Crippen LogP contribution in [0.4, 0.5) is 0 Å². The van der Waals surface area contributed by atoms with Crippen LogP contribution in [0.1, 0.15) is 40.8 Å². The number of aryl methyl sites for hydroxylation is 1. The number of oxazole rings is 1.